The Hall–Kier alpha value is -0.803. The van der Waals surface area contributed by atoms with Crippen molar-refractivity contribution in [3.05, 3.63) is 29.8 Å². The fraction of sp³-hybridized carbons (Fsp3) is 0.700. The van der Waals surface area contributed by atoms with Gasteiger partial charge in [0.2, 0.25) is 0 Å². The quantitative estimate of drug-likeness (QED) is 0.297. The molecule has 0 aliphatic carbocycles. The molecule has 1 aromatic rings. The summed E-state index contributed by atoms with van der Waals surface area (Å²) in [5.41, 5.74) is 1.18. The first kappa shape index (κ1) is 20.2. The lowest BCUT2D eigenvalue weighted by molar-refractivity contribution is 0.240. The van der Waals surface area contributed by atoms with Crippen LogP contribution in [0.1, 0.15) is 70.3 Å². The molecule has 2 nitrogen and oxygen atoms in total. The molecule has 0 saturated heterocycles. The first-order valence-electron chi connectivity index (χ1n) is 9.44. The zero-order valence-corrected chi connectivity index (χ0v) is 16.7. The first-order chi connectivity index (χ1) is 11.0. The monoisotopic (exact) mass is 336 g/mol. The van der Waals surface area contributed by atoms with Gasteiger partial charge in [0.15, 0.2) is 0 Å². The van der Waals surface area contributed by atoms with Crippen LogP contribution >= 0.6 is 0 Å². The number of hydrogen-bond donors (Lipinski definition) is 0. The van der Waals surface area contributed by atoms with Gasteiger partial charge in [-0.05, 0) is 38.1 Å². The van der Waals surface area contributed by atoms with Gasteiger partial charge < -0.3 is 8.85 Å². The third-order valence-corrected chi connectivity index (χ3v) is 5.76. The smallest absolute Gasteiger partial charge is 0.392 e. The zero-order valence-electron chi connectivity index (χ0n) is 15.7. The second-order valence-electron chi connectivity index (χ2n) is 6.94. The first-order valence-corrected chi connectivity index (χ1v) is 12.3. The average molecular weight is 337 g/mol. The summed E-state index contributed by atoms with van der Waals surface area (Å²) in [7, 11) is -2.07. The SMILES string of the molecule is CCCCCCCCCCCO[Si](C)(C)Oc1ccccc1C. The molecule has 23 heavy (non-hydrogen) atoms. The van der Waals surface area contributed by atoms with E-state index in [2.05, 4.69) is 33.0 Å². The molecule has 0 heterocycles. The minimum Gasteiger partial charge on any atom is -0.520 e. The van der Waals surface area contributed by atoms with Crippen LogP contribution in [0.15, 0.2) is 24.3 Å². The van der Waals surface area contributed by atoms with Crippen LogP contribution in [0.2, 0.25) is 13.1 Å². The standard InChI is InChI=1S/C20H36O2Si/c1-5-6-7-8-9-10-11-12-15-18-21-23(3,4)22-20-17-14-13-16-19(20)2/h13-14,16-17H,5-12,15,18H2,1-4H3. The van der Waals surface area contributed by atoms with Crippen molar-refractivity contribution in [2.45, 2.75) is 84.7 Å². The topological polar surface area (TPSA) is 18.5 Å². The minimum atomic E-state index is -2.07. The summed E-state index contributed by atoms with van der Waals surface area (Å²) in [5, 5.41) is 0. The van der Waals surface area contributed by atoms with Gasteiger partial charge >= 0.3 is 8.56 Å². The van der Waals surface area contributed by atoms with E-state index in [1.165, 1.54) is 56.9 Å². The van der Waals surface area contributed by atoms with Crippen molar-refractivity contribution in [1.82, 2.24) is 0 Å². The number of benzene rings is 1. The van der Waals surface area contributed by atoms with Crippen LogP contribution in [0.3, 0.4) is 0 Å². The van der Waals surface area contributed by atoms with Crippen LogP contribution in [-0.4, -0.2) is 15.2 Å². The van der Waals surface area contributed by atoms with Crippen molar-refractivity contribution in [1.29, 1.82) is 0 Å². The summed E-state index contributed by atoms with van der Waals surface area (Å²) in [6, 6.07) is 8.18. The normalized spacial score (nSPS) is 11.7. The van der Waals surface area contributed by atoms with E-state index in [4.69, 9.17) is 8.85 Å². The molecule has 0 amide bonds. The summed E-state index contributed by atoms with van der Waals surface area (Å²) < 4.78 is 12.2. The van der Waals surface area contributed by atoms with E-state index in [0.29, 0.717) is 0 Å². The number of aryl methyl sites for hydroxylation is 1. The highest BCUT2D eigenvalue weighted by Gasteiger charge is 2.26. The van der Waals surface area contributed by atoms with Crippen molar-refractivity contribution >= 4 is 8.56 Å². The lowest BCUT2D eigenvalue weighted by Gasteiger charge is -2.24. The van der Waals surface area contributed by atoms with Crippen molar-refractivity contribution in [3.63, 3.8) is 0 Å². The highest BCUT2D eigenvalue weighted by atomic mass is 28.4. The van der Waals surface area contributed by atoms with Crippen LogP contribution in [-0.2, 0) is 4.43 Å². The van der Waals surface area contributed by atoms with Gasteiger partial charge in [0, 0.05) is 6.61 Å². The Kier molecular flexibility index (Phi) is 10.3. The maximum atomic E-state index is 6.13. The molecule has 0 aliphatic rings. The number of unbranched alkanes of at least 4 members (excludes halogenated alkanes) is 8. The second-order valence-corrected chi connectivity index (χ2v) is 10.2. The molecule has 0 spiro atoms. The van der Waals surface area contributed by atoms with Gasteiger partial charge in [0.25, 0.3) is 0 Å². The summed E-state index contributed by atoms with van der Waals surface area (Å²) in [6.45, 7) is 9.45. The molecule has 0 atom stereocenters. The summed E-state index contributed by atoms with van der Waals surface area (Å²) in [4.78, 5) is 0. The fourth-order valence-electron chi connectivity index (χ4n) is 2.70. The Labute approximate surface area is 144 Å². The average Bonchev–Trinajstić information content (AvgIpc) is 2.51. The van der Waals surface area contributed by atoms with Crippen LogP contribution in [0.25, 0.3) is 0 Å². The maximum Gasteiger partial charge on any atom is 0.392 e. The van der Waals surface area contributed by atoms with Crippen LogP contribution < -0.4 is 4.43 Å². The van der Waals surface area contributed by atoms with Crippen LogP contribution in [0, 0.1) is 6.92 Å². The highest BCUT2D eigenvalue weighted by molar-refractivity contribution is 6.65. The fourth-order valence-corrected chi connectivity index (χ4v) is 4.15. The van der Waals surface area contributed by atoms with Gasteiger partial charge in [-0.3, -0.25) is 0 Å². The predicted molar refractivity (Wildman–Crippen MR) is 102 cm³/mol. The molecule has 132 valence electrons. The predicted octanol–water partition coefficient (Wildman–Crippen LogP) is 6.62. The van der Waals surface area contributed by atoms with Gasteiger partial charge in [-0.1, -0.05) is 76.5 Å². The van der Waals surface area contributed by atoms with E-state index in [1.54, 1.807) is 0 Å². The Morgan fingerprint density at radius 2 is 1.39 bits per heavy atom. The molecule has 0 N–H and O–H groups in total. The Balaban J connectivity index is 2.07. The molecule has 0 bridgehead atoms. The van der Waals surface area contributed by atoms with Gasteiger partial charge in [-0.2, -0.15) is 0 Å². The molecular formula is C20H36O2Si. The Morgan fingerprint density at radius 1 is 0.826 bits per heavy atom. The summed E-state index contributed by atoms with van der Waals surface area (Å²) in [5.74, 6) is 0.969. The third kappa shape index (κ3) is 9.82. The second kappa shape index (κ2) is 11.7. The van der Waals surface area contributed by atoms with Crippen molar-refractivity contribution in [3.8, 4) is 5.75 Å². The van der Waals surface area contributed by atoms with Crippen molar-refractivity contribution < 1.29 is 8.85 Å². The van der Waals surface area contributed by atoms with E-state index >= 15 is 0 Å². The summed E-state index contributed by atoms with van der Waals surface area (Å²) in [6.07, 6.45) is 12.1. The molecule has 0 aromatic heterocycles. The molecular weight excluding hydrogens is 300 g/mol. The van der Waals surface area contributed by atoms with Crippen molar-refractivity contribution in [2.24, 2.45) is 0 Å². The Morgan fingerprint density at radius 3 is 2.00 bits per heavy atom. The summed E-state index contributed by atoms with van der Waals surface area (Å²) >= 11 is 0. The van der Waals surface area contributed by atoms with Crippen LogP contribution in [0.4, 0.5) is 0 Å². The number of hydrogen-bond acceptors (Lipinski definition) is 2. The van der Waals surface area contributed by atoms with Gasteiger partial charge in [0.1, 0.15) is 5.75 Å². The van der Waals surface area contributed by atoms with Crippen LogP contribution in [0.5, 0.6) is 5.75 Å². The van der Waals surface area contributed by atoms with E-state index < -0.39 is 8.56 Å². The third-order valence-electron chi connectivity index (χ3n) is 4.15. The van der Waals surface area contributed by atoms with Crippen molar-refractivity contribution in [2.75, 3.05) is 6.61 Å². The minimum absolute atomic E-state index is 0.834. The number of rotatable bonds is 13. The largest absolute Gasteiger partial charge is 0.520 e. The molecule has 1 rings (SSSR count). The number of para-hydroxylation sites is 1. The van der Waals surface area contributed by atoms with E-state index in [9.17, 15) is 0 Å². The zero-order chi connectivity index (χ0) is 17.0. The van der Waals surface area contributed by atoms with E-state index in [1.807, 2.05) is 18.2 Å². The Bertz CT molecular complexity index is 418. The maximum absolute atomic E-state index is 6.13. The van der Waals surface area contributed by atoms with Gasteiger partial charge in [0.05, 0.1) is 0 Å². The van der Waals surface area contributed by atoms with Gasteiger partial charge in [-0.25, -0.2) is 0 Å². The van der Waals surface area contributed by atoms with E-state index in [0.717, 1.165) is 18.8 Å². The van der Waals surface area contributed by atoms with Gasteiger partial charge in [-0.15, -0.1) is 0 Å². The molecule has 1 aromatic carbocycles. The lowest BCUT2D eigenvalue weighted by atomic mass is 10.1. The molecule has 3 heteroatoms. The molecule has 0 unspecified atom stereocenters. The molecule has 0 aliphatic heterocycles. The lowest BCUT2D eigenvalue weighted by Crippen LogP contribution is -2.38. The molecule has 0 saturated carbocycles. The molecule has 0 fully saturated rings. The highest BCUT2D eigenvalue weighted by Crippen LogP contribution is 2.21. The molecule has 0 radical (unpaired) electrons. The van der Waals surface area contributed by atoms with E-state index in [-0.39, 0.29) is 0 Å².